The summed E-state index contributed by atoms with van der Waals surface area (Å²) in [4.78, 5) is 0. The molecule has 0 radical (unpaired) electrons. The van der Waals surface area contributed by atoms with Crippen LogP contribution in [0.15, 0.2) is 36.4 Å². The van der Waals surface area contributed by atoms with Crippen LogP contribution in [0.1, 0.15) is 107 Å². The van der Waals surface area contributed by atoms with E-state index in [1.54, 1.807) is 11.1 Å². The predicted octanol–water partition coefficient (Wildman–Crippen LogP) is 8.64. The first-order valence-electron chi connectivity index (χ1n) is 11.7. The highest BCUT2D eigenvalue weighted by molar-refractivity contribution is 5.72. The first-order valence-corrected chi connectivity index (χ1v) is 11.7. The summed E-state index contributed by atoms with van der Waals surface area (Å²) < 4.78 is 0. The van der Waals surface area contributed by atoms with Gasteiger partial charge in [-0.05, 0) is 71.3 Å². The molecule has 3 rings (SSSR count). The molecule has 2 aromatic rings. The lowest BCUT2D eigenvalue weighted by atomic mass is 9.62. The molecule has 0 fully saturated rings. The molecule has 0 N–H and O–H groups in total. The second kappa shape index (κ2) is 8.90. The molecule has 0 bridgehead atoms. The third-order valence-electron chi connectivity index (χ3n) is 6.94. The molecule has 0 saturated carbocycles. The van der Waals surface area contributed by atoms with Crippen LogP contribution in [0.2, 0.25) is 0 Å². The molecule has 0 nitrogen and oxygen atoms in total. The molecule has 0 heterocycles. The van der Waals surface area contributed by atoms with Gasteiger partial charge in [-0.15, -0.1) is 0 Å². The second-order valence-electron chi connectivity index (χ2n) is 10.4. The fourth-order valence-electron chi connectivity index (χ4n) is 4.65. The largest absolute Gasteiger partial charge is 0.0654 e. The van der Waals surface area contributed by atoms with Gasteiger partial charge in [-0.25, -0.2) is 0 Å². The second-order valence-corrected chi connectivity index (χ2v) is 10.4. The number of rotatable bonds is 7. The van der Waals surface area contributed by atoms with Crippen molar-refractivity contribution in [3.8, 4) is 0 Å². The van der Waals surface area contributed by atoms with Gasteiger partial charge >= 0.3 is 0 Å². The standard InChI is InChI=1S/C29H40/c1-7-8-9-10-11-24-20-26-27(29(5,6)19-18-28(26,3)4)21-25(24)17-16-23-14-12-22(2)13-15-23/h12-17,20-21H,7-11,18-19H2,1-6H3/b17-16+. The van der Waals surface area contributed by atoms with E-state index >= 15 is 0 Å². The first kappa shape index (κ1) is 21.9. The number of hydrogen-bond donors (Lipinski definition) is 0. The summed E-state index contributed by atoms with van der Waals surface area (Å²) >= 11 is 0. The molecular weight excluding hydrogens is 348 g/mol. The molecule has 0 amide bonds. The van der Waals surface area contributed by atoms with Gasteiger partial charge in [0.1, 0.15) is 0 Å². The molecular formula is C29H40. The van der Waals surface area contributed by atoms with Gasteiger partial charge in [-0.1, -0.05) is 108 Å². The summed E-state index contributed by atoms with van der Waals surface area (Å²) in [6, 6.07) is 13.9. The summed E-state index contributed by atoms with van der Waals surface area (Å²) in [5, 5.41) is 0. The molecule has 0 spiro atoms. The Morgan fingerprint density at radius 1 is 0.793 bits per heavy atom. The van der Waals surface area contributed by atoms with Gasteiger partial charge in [0.05, 0.1) is 0 Å². The first-order chi connectivity index (χ1) is 13.7. The van der Waals surface area contributed by atoms with E-state index in [1.807, 2.05) is 0 Å². The molecule has 0 aromatic heterocycles. The number of benzene rings is 2. The van der Waals surface area contributed by atoms with Crippen LogP contribution in [0.4, 0.5) is 0 Å². The van der Waals surface area contributed by atoms with Crippen molar-refractivity contribution in [3.05, 3.63) is 69.8 Å². The zero-order valence-electron chi connectivity index (χ0n) is 19.6. The van der Waals surface area contributed by atoms with E-state index in [0.29, 0.717) is 0 Å². The van der Waals surface area contributed by atoms with Crippen molar-refractivity contribution in [2.45, 2.75) is 97.3 Å². The Balaban J connectivity index is 2.00. The van der Waals surface area contributed by atoms with E-state index in [1.165, 1.54) is 67.2 Å². The van der Waals surface area contributed by atoms with Crippen LogP contribution in [0.3, 0.4) is 0 Å². The van der Waals surface area contributed by atoms with Gasteiger partial charge < -0.3 is 0 Å². The minimum absolute atomic E-state index is 0.262. The van der Waals surface area contributed by atoms with E-state index in [2.05, 4.69) is 90.1 Å². The van der Waals surface area contributed by atoms with Gasteiger partial charge in [-0.2, -0.15) is 0 Å². The summed E-state index contributed by atoms with van der Waals surface area (Å²) in [5.41, 5.74) is 9.25. The quantitative estimate of drug-likeness (QED) is 0.329. The predicted molar refractivity (Wildman–Crippen MR) is 130 cm³/mol. The van der Waals surface area contributed by atoms with Crippen molar-refractivity contribution in [2.24, 2.45) is 0 Å². The van der Waals surface area contributed by atoms with Crippen LogP contribution < -0.4 is 0 Å². The molecule has 0 unspecified atom stereocenters. The van der Waals surface area contributed by atoms with Crippen LogP contribution in [-0.2, 0) is 17.3 Å². The van der Waals surface area contributed by atoms with E-state index in [0.717, 1.165) is 0 Å². The Labute approximate surface area is 179 Å². The van der Waals surface area contributed by atoms with Crippen LogP contribution in [0.25, 0.3) is 12.2 Å². The highest BCUT2D eigenvalue weighted by atomic mass is 14.4. The molecule has 0 heteroatoms. The number of fused-ring (bicyclic) bond motifs is 1. The summed E-state index contributed by atoms with van der Waals surface area (Å²) in [6.07, 6.45) is 13.7. The van der Waals surface area contributed by atoms with Crippen LogP contribution in [0.5, 0.6) is 0 Å². The maximum atomic E-state index is 2.57. The van der Waals surface area contributed by atoms with E-state index in [-0.39, 0.29) is 10.8 Å². The zero-order valence-corrected chi connectivity index (χ0v) is 19.6. The SMILES string of the molecule is CCCCCCc1cc2c(cc1/C=C/c1ccc(C)cc1)C(C)(C)CCC2(C)C. The van der Waals surface area contributed by atoms with Gasteiger partial charge in [0.15, 0.2) is 0 Å². The van der Waals surface area contributed by atoms with E-state index in [4.69, 9.17) is 0 Å². The summed E-state index contributed by atoms with van der Waals surface area (Å²) in [6.45, 7) is 14.2. The lowest BCUT2D eigenvalue weighted by molar-refractivity contribution is 0.331. The molecule has 156 valence electrons. The lowest BCUT2D eigenvalue weighted by Crippen LogP contribution is -2.34. The molecule has 0 saturated heterocycles. The van der Waals surface area contributed by atoms with Crippen LogP contribution in [-0.4, -0.2) is 0 Å². The molecule has 1 aliphatic rings. The van der Waals surface area contributed by atoms with Crippen LogP contribution >= 0.6 is 0 Å². The van der Waals surface area contributed by atoms with Crippen molar-refractivity contribution in [2.75, 3.05) is 0 Å². The maximum Gasteiger partial charge on any atom is -0.0100 e. The fraction of sp³-hybridized carbons (Fsp3) is 0.517. The monoisotopic (exact) mass is 388 g/mol. The smallest absolute Gasteiger partial charge is 0.0100 e. The number of unbranched alkanes of at least 4 members (excludes halogenated alkanes) is 3. The Hall–Kier alpha value is -1.82. The third-order valence-corrected chi connectivity index (χ3v) is 6.94. The molecule has 0 aliphatic heterocycles. The third kappa shape index (κ3) is 5.21. The summed E-state index contributed by atoms with van der Waals surface area (Å²) in [7, 11) is 0. The Morgan fingerprint density at radius 2 is 1.41 bits per heavy atom. The van der Waals surface area contributed by atoms with Gasteiger partial charge in [0.25, 0.3) is 0 Å². The Morgan fingerprint density at radius 3 is 2.03 bits per heavy atom. The number of hydrogen-bond acceptors (Lipinski definition) is 0. The van der Waals surface area contributed by atoms with Gasteiger partial charge in [0.2, 0.25) is 0 Å². The number of aryl methyl sites for hydroxylation is 2. The zero-order chi connectivity index (χ0) is 21.1. The van der Waals surface area contributed by atoms with E-state index in [9.17, 15) is 0 Å². The van der Waals surface area contributed by atoms with Crippen molar-refractivity contribution < 1.29 is 0 Å². The van der Waals surface area contributed by atoms with Crippen LogP contribution in [0, 0.1) is 6.92 Å². The molecule has 29 heavy (non-hydrogen) atoms. The highest BCUT2D eigenvalue weighted by Gasteiger charge is 2.37. The topological polar surface area (TPSA) is 0 Å². The molecule has 2 aromatic carbocycles. The van der Waals surface area contributed by atoms with Crippen molar-refractivity contribution >= 4 is 12.2 Å². The maximum absolute atomic E-state index is 2.57. The fourth-order valence-corrected chi connectivity index (χ4v) is 4.65. The summed E-state index contributed by atoms with van der Waals surface area (Å²) in [5.74, 6) is 0. The molecule has 0 atom stereocenters. The van der Waals surface area contributed by atoms with Crippen molar-refractivity contribution in [3.63, 3.8) is 0 Å². The van der Waals surface area contributed by atoms with E-state index < -0.39 is 0 Å². The average molecular weight is 389 g/mol. The van der Waals surface area contributed by atoms with Crippen molar-refractivity contribution in [1.82, 2.24) is 0 Å². The average Bonchev–Trinajstić information content (AvgIpc) is 2.68. The Kier molecular flexibility index (Phi) is 6.72. The minimum Gasteiger partial charge on any atom is -0.0654 e. The Bertz CT molecular complexity index is 846. The van der Waals surface area contributed by atoms with Crippen molar-refractivity contribution in [1.29, 1.82) is 0 Å². The van der Waals surface area contributed by atoms with Gasteiger partial charge in [0, 0.05) is 0 Å². The van der Waals surface area contributed by atoms with Gasteiger partial charge in [-0.3, -0.25) is 0 Å². The minimum atomic E-state index is 0.262. The normalized spacial score (nSPS) is 17.4. The molecule has 1 aliphatic carbocycles. The highest BCUT2D eigenvalue weighted by Crippen LogP contribution is 2.46. The lowest BCUT2D eigenvalue weighted by Gasteiger charge is -2.42.